The zero-order valence-electron chi connectivity index (χ0n) is 16.1. The number of carbonyl (C=O) groups is 2. The highest BCUT2D eigenvalue weighted by atomic mass is 16.5. The fourth-order valence-corrected chi connectivity index (χ4v) is 3.77. The third-order valence-electron chi connectivity index (χ3n) is 5.19. The van der Waals surface area contributed by atoms with Gasteiger partial charge in [-0.25, -0.2) is 0 Å². The van der Waals surface area contributed by atoms with Gasteiger partial charge in [0.1, 0.15) is 17.3 Å². The third-order valence-corrected chi connectivity index (χ3v) is 5.19. The predicted molar refractivity (Wildman–Crippen MR) is 104 cm³/mol. The summed E-state index contributed by atoms with van der Waals surface area (Å²) in [4.78, 5) is 25.9. The molecule has 0 saturated carbocycles. The van der Waals surface area contributed by atoms with Crippen LogP contribution in [-0.4, -0.2) is 38.2 Å². The lowest BCUT2D eigenvalue weighted by molar-refractivity contribution is -0.131. The molecule has 2 amide bonds. The fourth-order valence-electron chi connectivity index (χ4n) is 3.77. The van der Waals surface area contributed by atoms with Gasteiger partial charge in [0.05, 0.1) is 56.8 Å². The van der Waals surface area contributed by atoms with Gasteiger partial charge in [-0.2, -0.15) is 0 Å². The first kappa shape index (κ1) is 19.1. The molecule has 1 aromatic heterocycles. The minimum atomic E-state index is -0.655. The van der Waals surface area contributed by atoms with Gasteiger partial charge in [0.25, 0.3) is 0 Å². The first-order valence-corrected chi connectivity index (χ1v) is 9.27. The average Bonchev–Trinajstić information content (AvgIpc) is 3.49. The van der Waals surface area contributed by atoms with Crippen molar-refractivity contribution in [1.29, 1.82) is 0 Å². The number of hydrogen-bond donors (Lipinski definition) is 2. The van der Waals surface area contributed by atoms with E-state index in [0.29, 0.717) is 22.9 Å². The maximum absolute atomic E-state index is 13.1. The summed E-state index contributed by atoms with van der Waals surface area (Å²) < 4.78 is 21.6. The Bertz CT molecular complexity index is 923. The summed E-state index contributed by atoms with van der Waals surface area (Å²) in [5.74, 6) is -0.132. The van der Waals surface area contributed by atoms with Crippen LogP contribution in [0.25, 0.3) is 0 Å². The number of ether oxygens (including phenoxy) is 3. The van der Waals surface area contributed by atoms with Crippen LogP contribution in [0.1, 0.15) is 5.76 Å². The van der Waals surface area contributed by atoms with Crippen LogP contribution in [0.4, 0.5) is 5.69 Å². The summed E-state index contributed by atoms with van der Waals surface area (Å²) in [6.07, 6.45) is 4.32. The summed E-state index contributed by atoms with van der Waals surface area (Å²) in [5, 5.41) is 5.69. The van der Waals surface area contributed by atoms with Crippen LogP contribution in [0.15, 0.2) is 53.2 Å². The maximum Gasteiger partial charge on any atom is 0.231 e. The Hall–Kier alpha value is -3.26. The molecule has 8 nitrogen and oxygen atoms in total. The number of furan rings is 1. The van der Waals surface area contributed by atoms with Crippen molar-refractivity contribution in [3.8, 4) is 11.5 Å². The number of carbonyl (C=O) groups excluding carboxylic acids is 2. The van der Waals surface area contributed by atoms with Crippen LogP contribution in [0, 0.1) is 11.8 Å². The Morgan fingerprint density at radius 3 is 2.45 bits per heavy atom. The molecule has 0 aliphatic carbocycles. The van der Waals surface area contributed by atoms with Gasteiger partial charge in [-0.1, -0.05) is 12.2 Å². The molecule has 3 heterocycles. The lowest BCUT2D eigenvalue weighted by Gasteiger charge is -2.24. The molecule has 1 fully saturated rings. The normalized spacial score (nSPS) is 24.3. The van der Waals surface area contributed by atoms with E-state index < -0.39 is 24.0 Å². The molecule has 2 N–H and O–H groups in total. The topological polar surface area (TPSA) is 99.0 Å². The van der Waals surface area contributed by atoms with Gasteiger partial charge >= 0.3 is 0 Å². The van der Waals surface area contributed by atoms with E-state index in [0.717, 1.165) is 0 Å². The second-order valence-electron chi connectivity index (χ2n) is 6.85. The van der Waals surface area contributed by atoms with Gasteiger partial charge in [0.15, 0.2) is 0 Å². The molecule has 2 aliphatic rings. The average molecular weight is 398 g/mol. The first-order chi connectivity index (χ1) is 14.1. The predicted octanol–water partition coefficient (Wildman–Crippen LogP) is 2.12. The highest BCUT2D eigenvalue weighted by molar-refractivity contribution is 5.98. The van der Waals surface area contributed by atoms with E-state index in [4.69, 9.17) is 18.6 Å². The number of nitrogens with one attached hydrogen (secondary N) is 2. The van der Waals surface area contributed by atoms with Crippen molar-refractivity contribution in [3.63, 3.8) is 0 Å². The highest BCUT2D eigenvalue weighted by Gasteiger charge is 2.53. The third kappa shape index (κ3) is 3.71. The number of amides is 2. The van der Waals surface area contributed by atoms with E-state index in [2.05, 4.69) is 10.6 Å². The highest BCUT2D eigenvalue weighted by Crippen LogP contribution is 2.40. The molecule has 152 valence electrons. The fraction of sp³-hybridized carbons (Fsp3) is 0.333. The number of hydrogen-bond acceptors (Lipinski definition) is 6. The van der Waals surface area contributed by atoms with Crippen LogP contribution in [0.3, 0.4) is 0 Å². The van der Waals surface area contributed by atoms with Crippen LogP contribution in [0.2, 0.25) is 0 Å². The van der Waals surface area contributed by atoms with Crippen LogP contribution in [-0.2, 0) is 20.9 Å². The number of anilines is 1. The number of benzene rings is 1. The molecule has 0 spiro atoms. The van der Waals surface area contributed by atoms with Crippen LogP contribution < -0.4 is 20.1 Å². The van der Waals surface area contributed by atoms with Crippen LogP contribution >= 0.6 is 0 Å². The van der Waals surface area contributed by atoms with E-state index in [1.54, 1.807) is 43.7 Å². The van der Waals surface area contributed by atoms with E-state index in [9.17, 15) is 9.59 Å². The van der Waals surface area contributed by atoms with Crippen molar-refractivity contribution in [1.82, 2.24) is 5.32 Å². The second kappa shape index (κ2) is 8.00. The largest absolute Gasteiger partial charge is 0.497 e. The molecule has 2 aliphatic heterocycles. The first-order valence-electron chi connectivity index (χ1n) is 9.27. The molecule has 1 saturated heterocycles. The molecule has 1 aromatic carbocycles. The lowest BCUT2D eigenvalue weighted by Crippen LogP contribution is -2.44. The summed E-state index contributed by atoms with van der Waals surface area (Å²) in [6.45, 7) is 0.251. The molecule has 4 unspecified atom stereocenters. The molecule has 4 rings (SSSR count). The van der Waals surface area contributed by atoms with Crippen molar-refractivity contribution >= 4 is 17.5 Å². The molecule has 0 radical (unpaired) electrons. The summed E-state index contributed by atoms with van der Waals surface area (Å²) in [5.41, 5.74) is 0.471. The van der Waals surface area contributed by atoms with Gasteiger partial charge in [0.2, 0.25) is 11.8 Å². The monoisotopic (exact) mass is 398 g/mol. The minimum absolute atomic E-state index is 0.251. The molecule has 8 heteroatoms. The lowest BCUT2D eigenvalue weighted by atomic mass is 9.81. The van der Waals surface area contributed by atoms with Gasteiger partial charge in [-0.3, -0.25) is 9.59 Å². The Labute approximate surface area is 167 Å². The maximum atomic E-state index is 13.1. The van der Waals surface area contributed by atoms with Crippen molar-refractivity contribution in [3.05, 3.63) is 54.5 Å². The van der Waals surface area contributed by atoms with Crippen molar-refractivity contribution in [2.75, 3.05) is 19.5 Å². The summed E-state index contributed by atoms with van der Waals surface area (Å²) in [7, 11) is 3.06. The summed E-state index contributed by atoms with van der Waals surface area (Å²) in [6, 6.07) is 8.65. The van der Waals surface area contributed by atoms with Gasteiger partial charge in [0, 0.05) is 6.07 Å². The second-order valence-corrected chi connectivity index (χ2v) is 6.85. The minimum Gasteiger partial charge on any atom is -0.497 e. The van der Waals surface area contributed by atoms with Crippen molar-refractivity contribution < 1.29 is 28.2 Å². The smallest absolute Gasteiger partial charge is 0.231 e. The molecule has 4 atom stereocenters. The van der Waals surface area contributed by atoms with E-state index in [-0.39, 0.29) is 18.4 Å². The molecule has 2 bridgehead atoms. The number of methoxy groups -OCH3 is 2. The van der Waals surface area contributed by atoms with Crippen molar-refractivity contribution in [2.24, 2.45) is 11.8 Å². The van der Waals surface area contributed by atoms with Gasteiger partial charge in [-0.05, 0) is 24.3 Å². The Morgan fingerprint density at radius 2 is 1.79 bits per heavy atom. The van der Waals surface area contributed by atoms with Crippen molar-refractivity contribution in [2.45, 2.75) is 18.8 Å². The van der Waals surface area contributed by atoms with E-state index in [1.165, 1.54) is 7.11 Å². The standard InChI is InChI=1S/C21H22N2O6/c1-26-12-5-6-15(27-2)14(10-12)23-21(25)19-17-8-7-16(29-17)18(19)20(24)22-11-13-4-3-9-28-13/h3-10,16-19H,11H2,1-2H3,(H,22,24)(H,23,25). The van der Waals surface area contributed by atoms with E-state index >= 15 is 0 Å². The zero-order chi connectivity index (χ0) is 20.4. The van der Waals surface area contributed by atoms with Gasteiger partial charge < -0.3 is 29.3 Å². The molecular weight excluding hydrogens is 376 g/mol. The van der Waals surface area contributed by atoms with Gasteiger partial charge in [-0.15, -0.1) is 0 Å². The zero-order valence-corrected chi connectivity index (χ0v) is 16.1. The Kier molecular flexibility index (Phi) is 5.26. The molecule has 29 heavy (non-hydrogen) atoms. The summed E-state index contributed by atoms with van der Waals surface area (Å²) >= 11 is 0. The van der Waals surface area contributed by atoms with Crippen LogP contribution in [0.5, 0.6) is 11.5 Å². The van der Waals surface area contributed by atoms with E-state index in [1.807, 2.05) is 12.2 Å². The number of rotatable bonds is 7. The number of fused-ring (bicyclic) bond motifs is 2. The Morgan fingerprint density at radius 1 is 1.03 bits per heavy atom. The Balaban J connectivity index is 1.50. The SMILES string of the molecule is COc1ccc(OC)c(NC(=O)C2C3C=CC(O3)C2C(=O)NCc2ccco2)c1. The molecular formula is C21H22N2O6. The molecule has 2 aromatic rings. The quantitative estimate of drug-likeness (QED) is 0.693.